The van der Waals surface area contributed by atoms with Gasteiger partial charge < -0.3 is 9.64 Å². The Balaban J connectivity index is 2.26. The number of nitro benzene ring substituents is 1. The van der Waals surface area contributed by atoms with E-state index < -0.39 is 22.7 Å². The Morgan fingerprint density at radius 2 is 2.00 bits per heavy atom. The Bertz CT molecular complexity index is 716. The fraction of sp³-hybridized carbons (Fsp3) is 0.500. The first kappa shape index (κ1) is 19.2. The fourth-order valence-electron chi connectivity index (χ4n) is 2.55. The van der Waals surface area contributed by atoms with Crippen LogP contribution in [0.15, 0.2) is 22.7 Å². The number of hydrogen-bond donors (Lipinski definition) is 0. The second kappa shape index (κ2) is 6.99. The summed E-state index contributed by atoms with van der Waals surface area (Å²) in [6.07, 6.45) is -0.571. The van der Waals surface area contributed by atoms with Crippen LogP contribution >= 0.6 is 15.9 Å². The van der Waals surface area contributed by atoms with Gasteiger partial charge in [-0.2, -0.15) is 0 Å². The van der Waals surface area contributed by atoms with E-state index in [0.717, 1.165) is 0 Å². The number of halogens is 1. The first-order valence-electron chi connectivity index (χ1n) is 7.76. The van der Waals surface area contributed by atoms with E-state index in [1.54, 1.807) is 33.8 Å². The van der Waals surface area contributed by atoms with E-state index in [4.69, 9.17) is 4.74 Å². The largest absolute Gasteiger partial charge is 0.444 e. The molecule has 25 heavy (non-hydrogen) atoms. The lowest BCUT2D eigenvalue weighted by molar-refractivity contribution is -0.384. The van der Waals surface area contributed by atoms with E-state index in [2.05, 4.69) is 15.9 Å². The number of carbonyl (C=O) groups is 2. The van der Waals surface area contributed by atoms with E-state index in [9.17, 15) is 19.7 Å². The second-order valence-electron chi connectivity index (χ2n) is 6.73. The van der Waals surface area contributed by atoms with Crippen molar-refractivity contribution in [2.75, 3.05) is 18.0 Å². The SMILES string of the molecule is C[C@@H]1C(=O)N(c2ccc(Br)cc2[N+](=O)[O-])CCN1C(=O)OC(C)(C)C. The lowest BCUT2D eigenvalue weighted by atomic mass is 10.1. The fourth-order valence-corrected chi connectivity index (χ4v) is 2.90. The summed E-state index contributed by atoms with van der Waals surface area (Å²) >= 11 is 3.19. The van der Waals surface area contributed by atoms with Crippen molar-refractivity contribution < 1.29 is 19.2 Å². The summed E-state index contributed by atoms with van der Waals surface area (Å²) in [7, 11) is 0. The number of amides is 2. The zero-order valence-corrected chi connectivity index (χ0v) is 16.1. The van der Waals surface area contributed by atoms with Crippen molar-refractivity contribution in [3.63, 3.8) is 0 Å². The molecule has 0 bridgehead atoms. The number of anilines is 1. The molecule has 1 aromatic rings. The van der Waals surface area contributed by atoms with Crippen LogP contribution in [-0.4, -0.2) is 46.6 Å². The molecule has 2 rings (SSSR count). The second-order valence-corrected chi connectivity index (χ2v) is 7.65. The highest BCUT2D eigenvalue weighted by atomic mass is 79.9. The van der Waals surface area contributed by atoms with Crippen LogP contribution in [0.1, 0.15) is 27.7 Å². The number of ether oxygens (including phenoxy) is 1. The van der Waals surface area contributed by atoms with Gasteiger partial charge >= 0.3 is 6.09 Å². The van der Waals surface area contributed by atoms with Gasteiger partial charge in [0, 0.05) is 23.6 Å². The van der Waals surface area contributed by atoms with Crippen molar-refractivity contribution in [1.29, 1.82) is 0 Å². The third-order valence-corrected chi connectivity index (χ3v) is 4.20. The number of rotatable bonds is 2. The Labute approximate surface area is 154 Å². The highest BCUT2D eigenvalue weighted by Crippen LogP contribution is 2.33. The minimum atomic E-state index is -0.771. The van der Waals surface area contributed by atoms with Gasteiger partial charge in [0.1, 0.15) is 17.3 Å². The highest BCUT2D eigenvalue weighted by Gasteiger charge is 2.38. The minimum Gasteiger partial charge on any atom is -0.444 e. The van der Waals surface area contributed by atoms with Gasteiger partial charge in [-0.3, -0.25) is 19.8 Å². The van der Waals surface area contributed by atoms with Crippen molar-refractivity contribution in [2.24, 2.45) is 0 Å². The van der Waals surface area contributed by atoms with E-state index in [1.807, 2.05) is 0 Å². The van der Waals surface area contributed by atoms with Crippen LogP contribution in [0.2, 0.25) is 0 Å². The van der Waals surface area contributed by atoms with Crippen molar-refractivity contribution >= 4 is 39.3 Å². The first-order chi connectivity index (χ1) is 11.5. The number of hydrogen-bond acceptors (Lipinski definition) is 5. The molecule has 1 aromatic carbocycles. The molecule has 8 nitrogen and oxygen atoms in total. The van der Waals surface area contributed by atoms with Crippen LogP contribution in [0.4, 0.5) is 16.2 Å². The lowest BCUT2D eigenvalue weighted by Gasteiger charge is -2.39. The summed E-state index contributed by atoms with van der Waals surface area (Å²) in [5.74, 6) is -0.387. The number of benzene rings is 1. The van der Waals surface area contributed by atoms with Gasteiger partial charge in [-0.25, -0.2) is 4.79 Å². The molecule has 0 aliphatic carbocycles. The van der Waals surface area contributed by atoms with Gasteiger partial charge in [0.25, 0.3) is 5.69 Å². The van der Waals surface area contributed by atoms with Crippen LogP contribution in [0.25, 0.3) is 0 Å². The summed E-state index contributed by atoms with van der Waals surface area (Å²) in [6.45, 7) is 7.22. The van der Waals surface area contributed by atoms with E-state index in [1.165, 1.54) is 21.9 Å². The molecule has 0 unspecified atom stereocenters. The topological polar surface area (TPSA) is 93.0 Å². The standard InChI is InChI=1S/C16H20BrN3O5/c1-10-14(21)19(8-7-18(10)15(22)25-16(2,3)4)12-6-5-11(17)9-13(12)20(23)24/h5-6,9-10H,7-8H2,1-4H3/t10-/m1/s1. The normalized spacial score (nSPS) is 18.3. The lowest BCUT2D eigenvalue weighted by Crippen LogP contribution is -2.58. The molecule has 0 radical (unpaired) electrons. The molecule has 136 valence electrons. The Hall–Kier alpha value is -2.16. The Kier molecular flexibility index (Phi) is 5.36. The smallest absolute Gasteiger partial charge is 0.411 e. The molecule has 1 aliphatic heterocycles. The maximum absolute atomic E-state index is 12.7. The van der Waals surface area contributed by atoms with Crippen molar-refractivity contribution in [3.05, 3.63) is 32.8 Å². The van der Waals surface area contributed by atoms with Gasteiger partial charge in [0.2, 0.25) is 5.91 Å². The third-order valence-electron chi connectivity index (χ3n) is 3.71. The Morgan fingerprint density at radius 3 is 2.56 bits per heavy atom. The number of nitrogens with zero attached hydrogens (tertiary/aromatic N) is 3. The maximum atomic E-state index is 12.7. The predicted octanol–water partition coefficient (Wildman–Crippen LogP) is 3.33. The van der Waals surface area contributed by atoms with E-state index >= 15 is 0 Å². The summed E-state index contributed by atoms with van der Waals surface area (Å²) < 4.78 is 5.87. The molecule has 0 N–H and O–H groups in total. The highest BCUT2D eigenvalue weighted by molar-refractivity contribution is 9.10. The molecule has 0 spiro atoms. The molecular formula is C16H20BrN3O5. The molecule has 1 aliphatic rings. The third kappa shape index (κ3) is 4.28. The zero-order chi connectivity index (χ0) is 18.9. The van der Waals surface area contributed by atoms with E-state index in [0.29, 0.717) is 4.47 Å². The van der Waals surface area contributed by atoms with Gasteiger partial charge in [0.05, 0.1) is 4.92 Å². The number of carbonyl (C=O) groups excluding carboxylic acids is 2. The number of nitro groups is 1. The van der Waals surface area contributed by atoms with Gasteiger partial charge in [-0.15, -0.1) is 0 Å². The molecule has 1 saturated heterocycles. The van der Waals surface area contributed by atoms with E-state index in [-0.39, 0.29) is 30.4 Å². The first-order valence-corrected chi connectivity index (χ1v) is 8.55. The Morgan fingerprint density at radius 1 is 1.36 bits per heavy atom. The van der Waals surface area contributed by atoms with Crippen LogP contribution in [0.5, 0.6) is 0 Å². The molecule has 1 atom stereocenters. The molecule has 1 fully saturated rings. The maximum Gasteiger partial charge on any atom is 0.411 e. The summed E-state index contributed by atoms with van der Waals surface area (Å²) in [5, 5.41) is 11.3. The average Bonchev–Trinajstić information content (AvgIpc) is 2.48. The minimum absolute atomic E-state index is 0.158. The molecule has 1 heterocycles. The van der Waals surface area contributed by atoms with Gasteiger partial charge in [-0.1, -0.05) is 15.9 Å². The van der Waals surface area contributed by atoms with Gasteiger partial charge in [0.15, 0.2) is 0 Å². The summed E-state index contributed by atoms with van der Waals surface area (Å²) in [5.41, 5.74) is -0.615. The van der Waals surface area contributed by atoms with Crippen LogP contribution < -0.4 is 4.90 Å². The molecule has 0 saturated carbocycles. The molecule has 9 heteroatoms. The van der Waals surface area contributed by atoms with Crippen LogP contribution in [0, 0.1) is 10.1 Å². The quantitative estimate of drug-likeness (QED) is 0.547. The zero-order valence-electron chi connectivity index (χ0n) is 14.5. The molecule has 2 amide bonds. The summed E-state index contributed by atoms with van der Waals surface area (Å²) in [4.78, 5) is 38.4. The molecule has 0 aromatic heterocycles. The predicted molar refractivity (Wildman–Crippen MR) is 95.6 cm³/mol. The van der Waals surface area contributed by atoms with Crippen LogP contribution in [-0.2, 0) is 9.53 Å². The van der Waals surface area contributed by atoms with Crippen LogP contribution in [0.3, 0.4) is 0 Å². The van der Waals surface area contributed by atoms with Crippen molar-refractivity contribution in [3.8, 4) is 0 Å². The summed E-state index contributed by atoms with van der Waals surface area (Å²) in [6, 6.07) is 3.75. The monoisotopic (exact) mass is 413 g/mol. The molecular weight excluding hydrogens is 394 g/mol. The van der Waals surface area contributed by atoms with Crippen molar-refractivity contribution in [2.45, 2.75) is 39.3 Å². The average molecular weight is 414 g/mol. The van der Waals surface area contributed by atoms with Crippen molar-refractivity contribution in [1.82, 2.24) is 4.90 Å². The number of piperazine rings is 1. The van der Waals surface area contributed by atoms with Gasteiger partial charge in [-0.05, 0) is 39.8 Å².